The third-order valence-electron chi connectivity index (χ3n) is 4.65. The predicted molar refractivity (Wildman–Crippen MR) is 118 cm³/mol. The maximum atomic E-state index is 13.1. The standard InChI is InChI=1S/C23H25N3O3S/c1-16-12-17(2)14-20(13-16)26-23(27)22(19-6-4-3-5-7-19)25-15-18-8-10-21(11-9-18)30(24,28)29/h3-14,22,25H,15H2,1-2H3,(H,26,27)(H2,24,28,29). The third kappa shape index (κ3) is 5.76. The number of rotatable bonds is 7. The number of nitrogens with one attached hydrogen (secondary N) is 2. The first-order chi connectivity index (χ1) is 14.2. The Morgan fingerprint density at radius 2 is 1.53 bits per heavy atom. The van der Waals surface area contributed by atoms with E-state index in [0.29, 0.717) is 6.54 Å². The van der Waals surface area contributed by atoms with E-state index in [4.69, 9.17) is 5.14 Å². The SMILES string of the molecule is Cc1cc(C)cc(NC(=O)C(NCc2ccc(S(N)(=O)=O)cc2)c2ccccc2)c1. The maximum absolute atomic E-state index is 13.1. The fourth-order valence-electron chi connectivity index (χ4n) is 3.29. The van der Waals surface area contributed by atoms with Crippen LogP contribution < -0.4 is 15.8 Å². The fraction of sp³-hybridized carbons (Fsp3) is 0.174. The molecule has 3 rings (SSSR count). The number of carbonyl (C=O) groups is 1. The van der Waals surface area contributed by atoms with Crippen LogP contribution >= 0.6 is 0 Å². The second-order valence-corrected chi connectivity index (χ2v) is 8.84. The predicted octanol–water partition coefficient (Wildman–Crippen LogP) is 3.42. The Kier molecular flexibility index (Phi) is 6.66. The Balaban J connectivity index is 1.78. The maximum Gasteiger partial charge on any atom is 0.246 e. The summed E-state index contributed by atoms with van der Waals surface area (Å²) in [5, 5.41) is 11.4. The van der Waals surface area contributed by atoms with E-state index >= 15 is 0 Å². The van der Waals surface area contributed by atoms with Gasteiger partial charge in [0, 0.05) is 12.2 Å². The summed E-state index contributed by atoms with van der Waals surface area (Å²) in [6.07, 6.45) is 0. The number of nitrogens with two attached hydrogens (primary N) is 1. The van der Waals surface area contributed by atoms with E-state index in [-0.39, 0.29) is 10.8 Å². The molecule has 6 nitrogen and oxygen atoms in total. The lowest BCUT2D eigenvalue weighted by atomic mass is 10.0. The molecule has 156 valence electrons. The van der Waals surface area contributed by atoms with E-state index in [1.807, 2.05) is 62.4 Å². The Bertz CT molecular complexity index is 1110. The second kappa shape index (κ2) is 9.21. The van der Waals surface area contributed by atoms with Gasteiger partial charge in [-0.25, -0.2) is 13.6 Å². The molecule has 1 atom stereocenters. The van der Waals surface area contributed by atoms with Gasteiger partial charge in [0.2, 0.25) is 15.9 Å². The molecule has 0 radical (unpaired) electrons. The van der Waals surface area contributed by atoms with Gasteiger partial charge in [0.15, 0.2) is 0 Å². The van der Waals surface area contributed by atoms with E-state index in [1.54, 1.807) is 12.1 Å². The summed E-state index contributed by atoms with van der Waals surface area (Å²) in [7, 11) is -3.73. The van der Waals surface area contributed by atoms with Crippen molar-refractivity contribution in [1.82, 2.24) is 5.32 Å². The molecule has 3 aromatic rings. The van der Waals surface area contributed by atoms with Gasteiger partial charge in [-0.05, 0) is 60.4 Å². The monoisotopic (exact) mass is 423 g/mol. The molecule has 0 fully saturated rings. The van der Waals surface area contributed by atoms with Crippen molar-refractivity contribution in [1.29, 1.82) is 0 Å². The van der Waals surface area contributed by atoms with E-state index < -0.39 is 16.1 Å². The van der Waals surface area contributed by atoms with Gasteiger partial charge >= 0.3 is 0 Å². The first kappa shape index (κ1) is 21.7. The van der Waals surface area contributed by atoms with Gasteiger partial charge in [0.05, 0.1) is 4.90 Å². The minimum absolute atomic E-state index is 0.0541. The van der Waals surface area contributed by atoms with E-state index in [1.165, 1.54) is 12.1 Å². The highest BCUT2D eigenvalue weighted by Crippen LogP contribution is 2.19. The molecular weight excluding hydrogens is 398 g/mol. The largest absolute Gasteiger partial charge is 0.324 e. The molecule has 0 heterocycles. The summed E-state index contributed by atoms with van der Waals surface area (Å²) in [5.41, 5.74) is 4.56. The zero-order valence-corrected chi connectivity index (χ0v) is 17.7. The smallest absolute Gasteiger partial charge is 0.246 e. The number of amides is 1. The van der Waals surface area contributed by atoms with Crippen LogP contribution in [0.5, 0.6) is 0 Å². The van der Waals surface area contributed by atoms with Crippen LogP contribution in [0, 0.1) is 13.8 Å². The van der Waals surface area contributed by atoms with Crippen LogP contribution in [0.25, 0.3) is 0 Å². The molecule has 0 saturated heterocycles. The lowest BCUT2D eigenvalue weighted by Gasteiger charge is -2.19. The van der Waals surface area contributed by atoms with Crippen molar-refractivity contribution in [3.8, 4) is 0 Å². The van der Waals surface area contributed by atoms with Crippen molar-refractivity contribution in [3.05, 3.63) is 95.1 Å². The summed E-state index contributed by atoms with van der Waals surface area (Å²) in [5.74, 6) is -0.174. The molecule has 3 aromatic carbocycles. The number of carbonyl (C=O) groups excluding carboxylic acids is 1. The van der Waals surface area contributed by atoms with Crippen LogP contribution in [0.1, 0.15) is 28.3 Å². The van der Waals surface area contributed by atoms with Gasteiger partial charge in [-0.15, -0.1) is 0 Å². The molecule has 4 N–H and O–H groups in total. The summed E-state index contributed by atoms with van der Waals surface area (Å²) in [6, 6.07) is 21.0. The zero-order valence-electron chi connectivity index (χ0n) is 16.9. The van der Waals surface area contributed by atoms with E-state index in [9.17, 15) is 13.2 Å². The zero-order chi connectivity index (χ0) is 21.7. The summed E-state index contributed by atoms with van der Waals surface area (Å²) in [6.45, 7) is 4.35. The van der Waals surface area contributed by atoms with Gasteiger partial charge in [0.25, 0.3) is 0 Å². The molecule has 0 bridgehead atoms. The molecule has 0 saturated carbocycles. The molecule has 30 heavy (non-hydrogen) atoms. The Hall–Kier alpha value is -3.00. The number of hydrogen-bond acceptors (Lipinski definition) is 4. The quantitative estimate of drug-likeness (QED) is 0.542. The van der Waals surface area contributed by atoms with Crippen molar-refractivity contribution in [2.45, 2.75) is 31.3 Å². The molecule has 7 heteroatoms. The first-order valence-corrected chi connectivity index (χ1v) is 11.1. The molecule has 0 aliphatic rings. The van der Waals surface area contributed by atoms with Gasteiger partial charge in [-0.1, -0.05) is 48.5 Å². The van der Waals surface area contributed by atoms with Crippen LogP contribution in [0.2, 0.25) is 0 Å². The number of sulfonamides is 1. The van der Waals surface area contributed by atoms with Crippen LogP contribution in [0.15, 0.2) is 77.7 Å². The lowest BCUT2D eigenvalue weighted by Crippen LogP contribution is -2.32. The number of aryl methyl sites for hydroxylation is 2. The van der Waals surface area contributed by atoms with Crippen molar-refractivity contribution in [3.63, 3.8) is 0 Å². The first-order valence-electron chi connectivity index (χ1n) is 9.51. The van der Waals surface area contributed by atoms with Crippen LogP contribution in [0.4, 0.5) is 5.69 Å². The third-order valence-corrected chi connectivity index (χ3v) is 5.58. The highest BCUT2D eigenvalue weighted by atomic mass is 32.2. The number of hydrogen-bond donors (Lipinski definition) is 3. The van der Waals surface area contributed by atoms with Crippen molar-refractivity contribution < 1.29 is 13.2 Å². The van der Waals surface area contributed by atoms with Crippen molar-refractivity contribution >= 4 is 21.6 Å². The number of benzene rings is 3. The second-order valence-electron chi connectivity index (χ2n) is 7.28. The van der Waals surface area contributed by atoms with Gasteiger partial charge in [0.1, 0.15) is 6.04 Å². The van der Waals surface area contributed by atoms with Gasteiger partial charge in [-0.3, -0.25) is 10.1 Å². The topological polar surface area (TPSA) is 101 Å². The minimum Gasteiger partial charge on any atom is -0.324 e. The summed E-state index contributed by atoms with van der Waals surface area (Å²) in [4.78, 5) is 13.1. The normalized spacial score (nSPS) is 12.4. The summed E-state index contributed by atoms with van der Waals surface area (Å²) < 4.78 is 22.8. The molecule has 1 unspecified atom stereocenters. The van der Waals surface area contributed by atoms with Crippen LogP contribution in [0.3, 0.4) is 0 Å². The average Bonchev–Trinajstić information content (AvgIpc) is 2.68. The summed E-state index contributed by atoms with van der Waals surface area (Å²) >= 11 is 0. The molecular formula is C23H25N3O3S. The lowest BCUT2D eigenvalue weighted by molar-refractivity contribution is -0.118. The molecule has 1 amide bonds. The van der Waals surface area contributed by atoms with Gasteiger partial charge in [-0.2, -0.15) is 0 Å². The van der Waals surface area contributed by atoms with Crippen LogP contribution in [-0.4, -0.2) is 14.3 Å². The number of anilines is 1. The van der Waals surface area contributed by atoms with Gasteiger partial charge < -0.3 is 5.32 Å². The highest BCUT2D eigenvalue weighted by molar-refractivity contribution is 7.89. The minimum atomic E-state index is -3.73. The molecule has 0 aliphatic carbocycles. The molecule has 0 spiro atoms. The van der Waals surface area contributed by atoms with Crippen molar-refractivity contribution in [2.75, 3.05) is 5.32 Å². The highest BCUT2D eigenvalue weighted by Gasteiger charge is 2.20. The Morgan fingerprint density at radius 1 is 0.933 bits per heavy atom. The molecule has 0 aliphatic heterocycles. The average molecular weight is 424 g/mol. The van der Waals surface area contributed by atoms with E-state index in [0.717, 1.165) is 27.9 Å². The molecule has 0 aromatic heterocycles. The fourth-order valence-corrected chi connectivity index (χ4v) is 3.80. The van der Waals surface area contributed by atoms with Crippen molar-refractivity contribution in [2.24, 2.45) is 5.14 Å². The Labute approximate surface area is 177 Å². The number of primary sulfonamides is 1. The Morgan fingerprint density at radius 3 is 2.10 bits per heavy atom. The van der Waals surface area contributed by atoms with Crippen LogP contribution in [-0.2, 0) is 21.4 Å². The van der Waals surface area contributed by atoms with E-state index in [2.05, 4.69) is 10.6 Å².